The van der Waals surface area contributed by atoms with Gasteiger partial charge in [-0.3, -0.25) is 20.0 Å². The van der Waals surface area contributed by atoms with Crippen molar-refractivity contribution in [1.82, 2.24) is 15.2 Å². The summed E-state index contributed by atoms with van der Waals surface area (Å²) < 4.78 is 36.1. The van der Waals surface area contributed by atoms with Crippen LogP contribution in [0.1, 0.15) is 21.5 Å². The average Bonchev–Trinajstić information content (AvgIpc) is 2.86. The predicted molar refractivity (Wildman–Crippen MR) is 134 cm³/mol. The van der Waals surface area contributed by atoms with Gasteiger partial charge in [0, 0.05) is 29.3 Å². The van der Waals surface area contributed by atoms with Crippen molar-refractivity contribution in [3.05, 3.63) is 83.6 Å². The summed E-state index contributed by atoms with van der Waals surface area (Å²) in [7, 11) is -1.58. The summed E-state index contributed by atoms with van der Waals surface area (Å²) in [6, 6.07) is 13.0. The molecule has 0 spiro atoms. The fraction of sp³-hybridized carbons (Fsp3) is 0.160. The van der Waals surface area contributed by atoms with Crippen LogP contribution in [-0.4, -0.2) is 39.4 Å². The standard InChI is InChI=1S/C25H26N4O6S/c1-15-10-18(20-13-17(8-9-27-20)12-16(2)24(26)30)14-19(11-15)25(31)28-29-36(32,33)23-21(34-3)6-5-7-22(23)35-4/h5-11,13-14,29H,2,12H2,1,3-4H3,(H2,26,30)(H,28,31). The number of carbonyl (C=O) groups is 2. The fourth-order valence-electron chi connectivity index (χ4n) is 3.46. The molecule has 0 aliphatic carbocycles. The van der Waals surface area contributed by atoms with Crippen LogP contribution in [0, 0.1) is 6.92 Å². The molecular weight excluding hydrogens is 484 g/mol. The number of primary amides is 1. The number of rotatable bonds is 10. The summed E-state index contributed by atoms with van der Waals surface area (Å²) in [4.78, 5) is 30.4. The molecule has 0 bridgehead atoms. The molecule has 3 aromatic rings. The van der Waals surface area contributed by atoms with E-state index < -0.39 is 21.8 Å². The minimum Gasteiger partial charge on any atom is -0.495 e. The number of hydrazine groups is 1. The molecule has 0 atom stereocenters. The molecule has 3 rings (SSSR count). The zero-order valence-corrected chi connectivity index (χ0v) is 20.8. The Kier molecular flexibility index (Phi) is 8.07. The number of methoxy groups -OCH3 is 2. The van der Waals surface area contributed by atoms with Crippen molar-refractivity contribution in [3.8, 4) is 22.8 Å². The summed E-state index contributed by atoms with van der Waals surface area (Å²) in [5, 5.41) is 0. The SMILES string of the molecule is C=C(Cc1ccnc(-c2cc(C)cc(C(=O)NNS(=O)(=O)c3c(OC)cccc3OC)c2)c1)C(N)=O. The molecule has 2 aromatic carbocycles. The van der Waals surface area contributed by atoms with Gasteiger partial charge in [0.15, 0.2) is 4.90 Å². The van der Waals surface area contributed by atoms with Crippen molar-refractivity contribution >= 4 is 21.8 Å². The van der Waals surface area contributed by atoms with Gasteiger partial charge >= 0.3 is 0 Å². The van der Waals surface area contributed by atoms with Crippen molar-refractivity contribution in [3.63, 3.8) is 0 Å². The van der Waals surface area contributed by atoms with Gasteiger partial charge in [-0.1, -0.05) is 12.6 Å². The lowest BCUT2D eigenvalue weighted by molar-refractivity contribution is -0.114. The molecule has 11 heteroatoms. The van der Waals surface area contributed by atoms with Crippen LogP contribution in [-0.2, 0) is 21.2 Å². The zero-order chi connectivity index (χ0) is 26.5. The number of ether oxygens (including phenoxy) is 2. The Morgan fingerprint density at radius 1 is 1.06 bits per heavy atom. The van der Waals surface area contributed by atoms with Crippen LogP contribution < -0.4 is 25.5 Å². The lowest BCUT2D eigenvalue weighted by atomic mass is 10.0. The molecule has 1 aromatic heterocycles. The number of nitrogens with zero attached hydrogens (tertiary/aromatic N) is 1. The Hall–Kier alpha value is -4.22. The highest BCUT2D eigenvalue weighted by Crippen LogP contribution is 2.32. The molecule has 1 heterocycles. The third-order valence-electron chi connectivity index (χ3n) is 5.18. The third-order valence-corrected chi connectivity index (χ3v) is 6.49. The van der Waals surface area contributed by atoms with Crippen molar-refractivity contribution < 1.29 is 27.5 Å². The molecule has 0 saturated carbocycles. The predicted octanol–water partition coefficient (Wildman–Crippen LogP) is 2.28. The quantitative estimate of drug-likeness (QED) is 0.280. The summed E-state index contributed by atoms with van der Waals surface area (Å²) in [6.45, 7) is 5.46. The Balaban J connectivity index is 1.85. The van der Waals surface area contributed by atoms with Gasteiger partial charge in [-0.15, -0.1) is 4.83 Å². The van der Waals surface area contributed by atoms with Gasteiger partial charge in [0.1, 0.15) is 11.5 Å². The topological polar surface area (TPSA) is 150 Å². The normalized spacial score (nSPS) is 11.0. The van der Waals surface area contributed by atoms with E-state index in [1.165, 1.54) is 26.4 Å². The lowest BCUT2D eigenvalue weighted by Gasteiger charge is -2.15. The molecule has 0 aliphatic heterocycles. The van der Waals surface area contributed by atoms with Crippen molar-refractivity contribution in [2.75, 3.05) is 14.2 Å². The summed E-state index contributed by atoms with van der Waals surface area (Å²) in [5.41, 5.74) is 10.7. The van der Waals surface area contributed by atoms with E-state index in [0.29, 0.717) is 11.3 Å². The van der Waals surface area contributed by atoms with Crippen LogP contribution >= 0.6 is 0 Å². The molecule has 188 valence electrons. The molecule has 0 aliphatic rings. The minimum absolute atomic E-state index is 0.0546. The number of sulfonamides is 1. The number of amides is 2. The van der Waals surface area contributed by atoms with Crippen molar-refractivity contribution in [1.29, 1.82) is 0 Å². The summed E-state index contributed by atoms with van der Waals surface area (Å²) in [6.07, 6.45) is 1.84. The first-order valence-corrected chi connectivity index (χ1v) is 12.1. The number of hydrogen-bond acceptors (Lipinski definition) is 7. The number of benzene rings is 2. The van der Waals surface area contributed by atoms with Crippen LogP contribution in [0.2, 0.25) is 0 Å². The average molecular weight is 511 g/mol. The van der Waals surface area contributed by atoms with Gasteiger partial charge in [0.25, 0.3) is 15.9 Å². The van der Waals surface area contributed by atoms with E-state index in [9.17, 15) is 18.0 Å². The molecule has 36 heavy (non-hydrogen) atoms. The molecule has 0 unspecified atom stereocenters. The smallest absolute Gasteiger partial charge is 0.266 e. The Morgan fingerprint density at radius 2 is 1.72 bits per heavy atom. The van der Waals surface area contributed by atoms with E-state index in [-0.39, 0.29) is 34.0 Å². The highest BCUT2D eigenvalue weighted by atomic mass is 32.2. The number of pyridine rings is 1. The van der Waals surface area contributed by atoms with E-state index in [0.717, 1.165) is 11.1 Å². The zero-order valence-electron chi connectivity index (χ0n) is 20.0. The maximum Gasteiger partial charge on any atom is 0.266 e. The van der Waals surface area contributed by atoms with Gasteiger partial charge in [-0.2, -0.15) is 0 Å². The monoisotopic (exact) mass is 510 g/mol. The first-order chi connectivity index (χ1) is 17.1. The van der Waals surface area contributed by atoms with E-state index in [4.69, 9.17) is 15.2 Å². The molecule has 0 radical (unpaired) electrons. The second-order valence-electron chi connectivity index (χ2n) is 7.83. The number of aryl methyl sites for hydroxylation is 1. The Morgan fingerprint density at radius 3 is 2.33 bits per heavy atom. The van der Waals surface area contributed by atoms with E-state index in [1.54, 1.807) is 43.5 Å². The molecule has 10 nitrogen and oxygen atoms in total. The van der Waals surface area contributed by atoms with Gasteiger partial charge < -0.3 is 15.2 Å². The summed E-state index contributed by atoms with van der Waals surface area (Å²) in [5.74, 6) is -1.16. The molecule has 2 amide bonds. The minimum atomic E-state index is -4.24. The summed E-state index contributed by atoms with van der Waals surface area (Å²) >= 11 is 0. The maximum absolute atomic E-state index is 12.9. The number of carbonyl (C=O) groups excluding carboxylic acids is 2. The highest BCUT2D eigenvalue weighted by Gasteiger charge is 2.25. The van der Waals surface area contributed by atoms with Crippen LogP contribution in [0.3, 0.4) is 0 Å². The number of nitrogens with one attached hydrogen (secondary N) is 2. The van der Waals surface area contributed by atoms with Crippen LogP contribution in [0.15, 0.2) is 71.8 Å². The number of hydrogen-bond donors (Lipinski definition) is 3. The van der Waals surface area contributed by atoms with E-state index in [2.05, 4.69) is 21.8 Å². The van der Waals surface area contributed by atoms with Gasteiger partial charge in [0.05, 0.1) is 19.9 Å². The highest BCUT2D eigenvalue weighted by molar-refractivity contribution is 7.89. The van der Waals surface area contributed by atoms with Gasteiger partial charge in [-0.05, 0) is 60.5 Å². The third kappa shape index (κ3) is 6.06. The maximum atomic E-state index is 12.9. The molecule has 4 N–H and O–H groups in total. The van der Waals surface area contributed by atoms with Crippen LogP contribution in [0.4, 0.5) is 0 Å². The van der Waals surface area contributed by atoms with Crippen LogP contribution in [0.25, 0.3) is 11.3 Å². The second kappa shape index (κ2) is 11.0. The first-order valence-electron chi connectivity index (χ1n) is 10.6. The molecule has 0 saturated heterocycles. The molecule has 0 fully saturated rings. The van der Waals surface area contributed by atoms with E-state index in [1.807, 2.05) is 6.07 Å². The van der Waals surface area contributed by atoms with Gasteiger partial charge in [0.2, 0.25) is 5.91 Å². The largest absolute Gasteiger partial charge is 0.495 e. The lowest BCUT2D eigenvalue weighted by Crippen LogP contribution is -2.41. The van der Waals surface area contributed by atoms with Gasteiger partial charge in [-0.25, -0.2) is 8.42 Å². The molecular formula is C25H26N4O6S. The number of aromatic nitrogens is 1. The fourth-order valence-corrected chi connectivity index (χ4v) is 4.62. The first kappa shape index (κ1) is 26.4. The van der Waals surface area contributed by atoms with E-state index >= 15 is 0 Å². The number of nitrogens with two attached hydrogens (primary N) is 1. The van der Waals surface area contributed by atoms with Crippen LogP contribution in [0.5, 0.6) is 11.5 Å². The van der Waals surface area contributed by atoms with Crippen molar-refractivity contribution in [2.45, 2.75) is 18.2 Å². The Bertz CT molecular complexity index is 1410. The van der Waals surface area contributed by atoms with Crippen molar-refractivity contribution in [2.24, 2.45) is 5.73 Å². The Labute approximate surface area is 209 Å². The second-order valence-corrected chi connectivity index (χ2v) is 9.45.